The van der Waals surface area contributed by atoms with Crippen LogP contribution in [0.15, 0.2) is 17.6 Å². The number of aromatic nitrogens is 2. The molecule has 0 aliphatic carbocycles. The second kappa shape index (κ2) is 6.30. The van der Waals surface area contributed by atoms with E-state index in [1.165, 1.54) is 0 Å². The van der Waals surface area contributed by atoms with E-state index in [2.05, 4.69) is 15.3 Å². The Morgan fingerprint density at radius 2 is 2.28 bits per heavy atom. The summed E-state index contributed by atoms with van der Waals surface area (Å²) >= 11 is 1.60. The maximum atomic E-state index is 10.3. The van der Waals surface area contributed by atoms with Gasteiger partial charge in [0.2, 0.25) is 5.95 Å². The lowest BCUT2D eigenvalue weighted by molar-refractivity contribution is -0.137. The number of anilines is 1. The molecule has 0 aromatic carbocycles. The van der Waals surface area contributed by atoms with Crippen molar-refractivity contribution in [2.75, 3.05) is 11.9 Å². The number of carboxylic acids is 1. The predicted octanol–water partition coefficient (Wildman–Crippen LogP) is 2.75. The molecule has 0 amide bonds. The SMILES string of the molecule is O=C(O)CCCCCNc1ncc2ccsc2n1. The Morgan fingerprint density at radius 3 is 3.11 bits per heavy atom. The summed E-state index contributed by atoms with van der Waals surface area (Å²) in [5.41, 5.74) is 0. The molecule has 0 unspecified atom stereocenters. The van der Waals surface area contributed by atoms with E-state index in [1.54, 1.807) is 11.3 Å². The number of nitrogens with one attached hydrogen (secondary N) is 1. The van der Waals surface area contributed by atoms with Crippen LogP contribution in [0, 0.1) is 0 Å². The zero-order chi connectivity index (χ0) is 12.8. The lowest BCUT2D eigenvalue weighted by Crippen LogP contribution is -2.05. The molecule has 0 bridgehead atoms. The van der Waals surface area contributed by atoms with Crippen molar-refractivity contribution >= 4 is 33.5 Å². The lowest BCUT2D eigenvalue weighted by Gasteiger charge is -2.03. The van der Waals surface area contributed by atoms with Gasteiger partial charge in [0.05, 0.1) is 0 Å². The Hall–Kier alpha value is -1.69. The van der Waals surface area contributed by atoms with E-state index in [9.17, 15) is 4.79 Å². The smallest absolute Gasteiger partial charge is 0.303 e. The van der Waals surface area contributed by atoms with E-state index in [0.29, 0.717) is 5.95 Å². The Labute approximate surface area is 109 Å². The van der Waals surface area contributed by atoms with Crippen molar-refractivity contribution in [1.29, 1.82) is 0 Å². The normalized spacial score (nSPS) is 10.7. The molecule has 0 atom stereocenters. The van der Waals surface area contributed by atoms with Gasteiger partial charge in [0.1, 0.15) is 4.83 Å². The second-order valence-electron chi connectivity index (χ2n) is 4.01. The van der Waals surface area contributed by atoms with E-state index in [0.717, 1.165) is 36.0 Å². The second-order valence-corrected chi connectivity index (χ2v) is 4.90. The fourth-order valence-electron chi connectivity index (χ4n) is 1.62. The summed E-state index contributed by atoms with van der Waals surface area (Å²) in [6, 6.07) is 2.00. The predicted molar refractivity (Wildman–Crippen MR) is 72.0 cm³/mol. The molecule has 0 saturated heterocycles. The first-order chi connectivity index (χ1) is 8.75. The fourth-order valence-corrected chi connectivity index (χ4v) is 2.36. The summed E-state index contributed by atoms with van der Waals surface area (Å²) in [5.74, 6) is -0.0855. The first kappa shape index (κ1) is 12.8. The molecule has 2 heterocycles. The molecule has 2 aromatic rings. The zero-order valence-electron chi connectivity index (χ0n) is 9.93. The number of fused-ring (bicyclic) bond motifs is 1. The third-order valence-electron chi connectivity index (χ3n) is 2.56. The lowest BCUT2D eigenvalue weighted by atomic mass is 10.2. The average Bonchev–Trinajstić information content (AvgIpc) is 2.80. The summed E-state index contributed by atoms with van der Waals surface area (Å²) < 4.78 is 0. The Balaban J connectivity index is 1.71. The number of aliphatic carboxylic acids is 1. The Morgan fingerprint density at radius 1 is 1.39 bits per heavy atom. The van der Waals surface area contributed by atoms with Crippen molar-refractivity contribution in [2.45, 2.75) is 25.7 Å². The van der Waals surface area contributed by atoms with Crippen molar-refractivity contribution in [1.82, 2.24) is 9.97 Å². The monoisotopic (exact) mass is 265 g/mol. The molecule has 0 aliphatic heterocycles. The van der Waals surface area contributed by atoms with Crippen LogP contribution in [0.1, 0.15) is 25.7 Å². The van der Waals surface area contributed by atoms with Gasteiger partial charge >= 0.3 is 5.97 Å². The van der Waals surface area contributed by atoms with E-state index in [1.807, 2.05) is 17.6 Å². The van der Waals surface area contributed by atoms with Gasteiger partial charge in [-0.2, -0.15) is 0 Å². The van der Waals surface area contributed by atoms with Gasteiger partial charge in [-0.25, -0.2) is 9.97 Å². The van der Waals surface area contributed by atoms with Crippen LogP contribution in [0.4, 0.5) is 5.95 Å². The summed E-state index contributed by atoms with van der Waals surface area (Å²) in [5, 5.41) is 14.7. The van der Waals surface area contributed by atoms with Gasteiger partial charge in [-0.05, 0) is 24.3 Å². The molecule has 2 aromatic heterocycles. The van der Waals surface area contributed by atoms with Crippen LogP contribution < -0.4 is 5.32 Å². The number of hydrogen-bond acceptors (Lipinski definition) is 5. The first-order valence-electron chi connectivity index (χ1n) is 5.91. The summed E-state index contributed by atoms with van der Waals surface area (Å²) in [7, 11) is 0. The van der Waals surface area contributed by atoms with Crippen molar-refractivity contribution in [3.63, 3.8) is 0 Å². The van der Waals surface area contributed by atoms with Gasteiger partial charge in [0, 0.05) is 24.5 Å². The van der Waals surface area contributed by atoms with Crippen molar-refractivity contribution < 1.29 is 9.90 Å². The maximum Gasteiger partial charge on any atom is 0.303 e. The van der Waals surface area contributed by atoms with E-state index >= 15 is 0 Å². The van der Waals surface area contributed by atoms with Crippen LogP contribution in [-0.4, -0.2) is 27.6 Å². The molecule has 2 rings (SSSR count). The zero-order valence-corrected chi connectivity index (χ0v) is 10.7. The minimum Gasteiger partial charge on any atom is -0.481 e. The van der Waals surface area contributed by atoms with Crippen LogP contribution in [0.3, 0.4) is 0 Å². The van der Waals surface area contributed by atoms with Crippen LogP contribution in [0.25, 0.3) is 10.2 Å². The molecule has 6 heteroatoms. The summed E-state index contributed by atoms with van der Waals surface area (Å²) in [6.07, 6.45) is 4.62. The van der Waals surface area contributed by atoms with E-state index in [4.69, 9.17) is 5.11 Å². The number of nitrogens with zero attached hydrogens (tertiary/aromatic N) is 2. The van der Waals surface area contributed by atoms with Crippen LogP contribution in [0.5, 0.6) is 0 Å². The molecule has 0 spiro atoms. The van der Waals surface area contributed by atoms with Crippen molar-refractivity contribution in [3.8, 4) is 0 Å². The quantitative estimate of drug-likeness (QED) is 0.753. The van der Waals surface area contributed by atoms with Gasteiger partial charge in [0.15, 0.2) is 0 Å². The molecule has 2 N–H and O–H groups in total. The molecule has 96 valence electrons. The standard InChI is InChI=1S/C12H15N3O2S/c16-10(17)4-2-1-3-6-13-12-14-8-9-5-7-18-11(9)15-12/h5,7-8H,1-4,6H2,(H,16,17)(H,13,14,15). The molecule has 5 nitrogen and oxygen atoms in total. The highest BCUT2D eigenvalue weighted by Gasteiger charge is 2.00. The number of thiophene rings is 1. The fraction of sp³-hybridized carbons (Fsp3) is 0.417. The minimum absolute atomic E-state index is 0.248. The maximum absolute atomic E-state index is 10.3. The third kappa shape index (κ3) is 3.66. The van der Waals surface area contributed by atoms with Gasteiger partial charge in [-0.15, -0.1) is 11.3 Å². The molecule has 0 fully saturated rings. The highest BCUT2D eigenvalue weighted by atomic mass is 32.1. The van der Waals surface area contributed by atoms with Gasteiger partial charge in [0.25, 0.3) is 0 Å². The number of carbonyl (C=O) groups is 1. The van der Waals surface area contributed by atoms with Gasteiger partial charge in [-0.3, -0.25) is 4.79 Å². The highest BCUT2D eigenvalue weighted by molar-refractivity contribution is 7.16. The number of carboxylic acid groups (broad SMARTS) is 1. The summed E-state index contributed by atoms with van der Waals surface area (Å²) in [4.78, 5) is 19.9. The molecule has 0 aliphatic rings. The van der Waals surface area contributed by atoms with Crippen molar-refractivity contribution in [3.05, 3.63) is 17.6 Å². The third-order valence-corrected chi connectivity index (χ3v) is 3.38. The first-order valence-corrected chi connectivity index (χ1v) is 6.79. The topological polar surface area (TPSA) is 75.1 Å². The van der Waals surface area contributed by atoms with Gasteiger partial charge in [-0.1, -0.05) is 6.42 Å². The summed E-state index contributed by atoms with van der Waals surface area (Å²) in [6.45, 7) is 0.774. The number of rotatable bonds is 7. The van der Waals surface area contributed by atoms with Gasteiger partial charge < -0.3 is 10.4 Å². The molecular formula is C12H15N3O2S. The van der Waals surface area contributed by atoms with Crippen LogP contribution in [-0.2, 0) is 4.79 Å². The van der Waals surface area contributed by atoms with Crippen LogP contribution in [0.2, 0.25) is 0 Å². The minimum atomic E-state index is -0.727. The molecular weight excluding hydrogens is 250 g/mol. The molecule has 0 radical (unpaired) electrons. The largest absolute Gasteiger partial charge is 0.481 e. The number of unbranched alkanes of at least 4 members (excludes halogenated alkanes) is 2. The molecule has 0 saturated carbocycles. The van der Waals surface area contributed by atoms with Crippen molar-refractivity contribution in [2.24, 2.45) is 0 Å². The highest BCUT2D eigenvalue weighted by Crippen LogP contribution is 2.18. The Bertz CT molecular complexity index is 527. The Kier molecular flexibility index (Phi) is 4.46. The van der Waals surface area contributed by atoms with E-state index < -0.39 is 5.97 Å². The van der Waals surface area contributed by atoms with Crippen LogP contribution >= 0.6 is 11.3 Å². The molecule has 18 heavy (non-hydrogen) atoms. The number of hydrogen-bond donors (Lipinski definition) is 2. The average molecular weight is 265 g/mol. The van der Waals surface area contributed by atoms with E-state index in [-0.39, 0.29) is 6.42 Å².